The van der Waals surface area contributed by atoms with Gasteiger partial charge >= 0.3 is 12.1 Å². The molecule has 0 spiro atoms. The molecule has 1 aromatic rings. The summed E-state index contributed by atoms with van der Waals surface area (Å²) in [5.41, 5.74) is 0.341. The number of ether oxygens (including phenoxy) is 2. The zero-order valence-electron chi connectivity index (χ0n) is 22.4. The normalized spacial score (nSPS) is 20.9. The summed E-state index contributed by atoms with van der Waals surface area (Å²) in [5.74, 6) is -1.48. The zero-order chi connectivity index (χ0) is 27.5. The number of alkyl carbamates (subject to hydrolysis) is 1. The van der Waals surface area contributed by atoms with Crippen molar-refractivity contribution in [3.63, 3.8) is 0 Å². The molecule has 1 aliphatic heterocycles. The molecule has 0 bridgehead atoms. The highest BCUT2D eigenvalue weighted by Gasteiger charge is 2.34. The van der Waals surface area contributed by atoms with Crippen LogP contribution < -0.4 is 16.0 Å². The summed E-state index contributed by atoms with van der Waals surface area (Å²) in [6.45, 7) is 1.55. The number of carbonyl (C=O) groups excluding carboxylic acids is 2. The largest absolute Gasteiger partial charge is 0.453 e. The second kappa shape index (κ2) is 15.2. The molecule has 3 rings (SSSR count). The molecule has 0 radical (unpaired) electrons. The lowest BCUT2D eigenvalue weighted by atomic mass is 9.82. The number of urea groups is 1. The third kappa shape index (κ3) is 8.78. The minimum absolute atomic E-state index is 0.0957. The number of benzene rings is 1. The molecule has 1 saturated carbocycles. The SMILES string of the molecule is CNC[C@@H](NC(=O)N1CCC[C@@H](C(OCCNC(=O)OC)c2cc(F)cc(F)c2)C1)[C@H](O)C1CCCCC1. The minimum atomic E-state index is -0.710. The molecule has 1 aliphatic carbocycles. The standard InChI is InChI=1S/C27H42F2N4O5/c1-30-16-23(24(34)18-7-4-3-5-8-18)32-26(35)33-11-6-9-19(17-33)25(38-12-10-31-27(36)37-2)20-13-21(28)15-22(29)14-20/h13-15,18-19,23-25,30,34H,3-12,16-17H2,1-2H3,(H,31,36)(H,32,35)/t19-,23-,24-,25?/m1/s1. The van der Waals surface area contributed by atoms with Gasteiger partial charge in [0.25, 0.3) is 0 Å². The van der Waals surface area contributed by atoms with E-state index in [1.807, 2.05) is 0 Å². The molecule has 0 aromatic heterocycles. The summed E-state index contributed by atoms with van der Waals surface area (Å²) in [6.07, 6.45) is 4.73. The number of likely N-dealkylation sites (tertiary alicyclic amines) is 1. The molecular formula is C27H42F2N4O5. The number of aliphatic hydroxyl groups is 1. The van der Waals surface area contributed by atoms with Gasteiger partial charge in [-0.3, -0.25) is 0 Å². The molecular weight excluding hydrogens is 498 g/mol. The molecule has 1 saturated heterocycles. The van der Waals surface area contributed by atoms with Crippen molar-refractivity contribution in [2.45, 2.75) is 63.2 Å². The smallest absolute Gasteiger partial charge is 0.406 e. The second-order valence-corrected chi connectivity index (χ2v) is 10.3. The first-order valence-electron chi connectivity index (χ1n) is 13.6. The van der Waals surface area contributed by atoms with Crippen LogP contribution in [-0.4, -0.2) is 81.2 Å². The molecule has 2 aliphatic rings. The van der Waals surface area contributed by atoms with Crippen molar-refractivity contribution < 1.29 is 33.0 Å². The van der Waals surface area contributed by atoms with E-state index >= 15 is 0 Å². The van der Waals surface area contributed by atoms with Crippen LogP contribution in [0.4, 0.5) is 18.4 Å². The zero-order valence-corrected chi connectivity index (χ0v) is 22.4. The number of nitrogens with zero attached hydrogens (tertiary/aromatic N) is 1. The van der Waals surface area contributed by atoms with E-state index in [1.54, 1.807) is 11.9 Å². The monoisotopic (exact) mass is 540 g/mol. The molecule has 38 heavy (non-hydrogen) atoms. The molecule has 2 fully saturated rings. The van der Waals surface area contributed by atoms with Gasteiger partial charge in [0.1, 0.15) is 11.6 Å². The Kier molecular flexibility index (Phi) is 12.0. The van der Waals surface area contributed by atoms with E-state index in [9.17, 15) is 23.5 Å². The summed E-state index contributed by atoms with van der Waals surface area (Å²) in [4.78, 5) is 26.3. The number of aliphatic hydroxyl groups excluding tert-OH is 1. The Balaban J connectivity index is 1.68. The molecule has 1 unspecified atom stereocenters. The number of nitrogens with one attached hydrogen (secondary N) is 3. The van der Waals surface area contributed by atoms with Gasteiger partial charge in [0.05, 0.1) is 32.0 Å². The van der Waals surface area contributed by atoms with Gasteiger partial charge in [-0.2, -0.15) is 0 Å². The Hall–Kier alpha value is -2.50. The Morgan fingerprint density at radius 3 is 2.42 bits per heavy atom. The number of carbonyl (C=O) groups is 2. The van der Waals surface area contributed by atoms with Crippen LogP contribution in [-0.2, 0) is 9.47 Å². The van der Waals surface area contributed by atoms with Crippen molar-refractivity contribution in [1.29, 1.82) is 0 Å². The van der Waals surface area contributed by atoms with Crippen molar-refractivity contribution in [3.8, 4) is 0 Å². The highest BCUT2D eigenvalue weighted by atomic mass is 19.1. The van der Waals surface area contributed by atoms with Gasteiger partial charge < -0.3 is 35.4 Å². The fourth-order valence-electron chi connectivity index (χ4n) is 5.63. The van der Waals surface area contributed by atoms with Crippen LogP contribution in [0, 0.1) is 23.5 Å². The first-order valence-corrected chi connectivity index (χ1v) is 13.6. The maximum Gasteiger partial charge on any atom is 0.406 e. The summed E-state index contributed by atoms with van der Waals surface area (Å²) in [6, 6.07) is 2.58. The number of hydrogen-bond donors (Lipinski definition) is 4. The number of amides is 3. The molecule has 1 aromatic carbocycles. The van der Waals surface area contributed by atoms with Crippen LogP contribution in [0.15, 0.2) is 18.2 Å². The molecule has 11 heteroatoms. The van der Waals surface area contributed by atoms with E-state index in [0.717, 1.165) is 31.7 Å². The lowest BCUT2D eigenvalue weighted by molar-refractivity contribution is -0.00970. The molecule has 4 atom stereocenters. The first-order chi connectivity index (χ1) is 18.3. The number of halogens is 2. The molecule has 3 amide bonds. The predicted octanol–water partition coefficient (Wildman–Crippen LogP) is 3.33. The van der Waals surface area contributed by atoms with Gasteiger partial charge in [-0.1, -0.05) is 19.3 Å². The number of likely N-dealkylation sites (N-methyl/N-ethyl adjacent to an activating group) is 1. The Labute approximate surface area is 223 Å². The summed E-state index contributed by atoms with van der Waals surface area (Å²) < 4.78 is 38.7. The summed E-state index contributed by atoms with van der Waals surface area (Å²) >= 11 is 0. The number of hydrogen-bond acceptors (Lipinski definition) is 6. The van der Waals surface area contributed by atoms with Gasteiger partial charge in [-0.15, -0.1) is 0 Å². The van der Waals surface area contributed by atoms with Crippen LogP contribution in [0.25, 0.3) is 0 Å². The highest BCUT2D eigenvalue weighted by Crippen LogP contribution is 2.34. The van der Waals surface area contributed by atoms with Crippen LogP contribution in [0.5, 0.6) is 0 Å². The van der Waals surface area contributed by atoms with Crippen LogP contribution in [0.2, 0.25) is 0 Å². The van der Waals surface area contributed by atoms with Crippen LogP contribution in [0.3, 0.4) is 0 Å². The van der Waals surface area contributed by atoms with Gasteiger partial charge in [0, 0.05) is 38.2 Å². The van der Waals surface area contributed by atoms with Crippen molar-refractivity contribution in [2.24, 2.45) is 11.8 Å². The lowest BCUT2D eigenvalue weighted by Crippen LogP contribution is -2.56. The Bertz CT molecular complexity index is 882. The maximum absolute atomic E-state index is 14.1. The van der Waals surface area contributed by atoms with E-state index in [1.165, 1.54) is 25.7 Å². The molecule has 4 N–H and O–H groups in total. The van der Waals surface area contributed by atoms with Crippen molar-refractivity contribution in [3.05, 3.63) is 35.4 Å². The first kappa shape index (κ1) is 30.0. The van der Waals surface area contributed by atoms with Crippen molar-refractivity contribution >= 4 is 12.1 Å². The second-order valence-electron chi connectivity index (χ2n) is 10.3. The predicted molar refractivity (Wildman–Crippen MR) is 139 cm³/mol. The fourth-order valence-corrected chi connectivity index (χ4v) is 5.63. The third-order valence-corrected chi connectivity index (χ3v) is 7.52. The molecule has 214 valence electrons. The highest BCUT2D eigenvalue weighted by molar-refractivity contribution is 5.74. The van der Waals surface area contributed by atoms with Crippen molar-refractivity contribution in [2.75, 3.05) is 46.9 Å². The lowest BCUT2D eigenvalue weighted by Gasteiger charge is -2.39. The van der Waals surface area contributed by atoms with Crippen LogP contribution >= 0.6 is 0 Å². The van der Waals surface area contributed by atoms with E-state index < -0.39 is 36.0 Å². The van der Waals surface area contributed by atoms with Gasteiger partial charge in [-0.05, 0) is 56.3 Å². The topological polar surface area (TPSA) is 112 Å². The number of rotatable bonds is 11. The fraction of sp³-hybridized carbons (Fsp3) is 0.704. The van der Waals surface area contributed by atoms with Crippen LogP contribution in [0.1, 0.15) is 56.6 Å². The summed E-state index contributed by atoms with van der Waals surface area (Å²) in [7, 11) is 3.05. The molecule has 9 nitrogen and oxygen atoms in total. The number of methoxy groups -OCH3 is 1. The van der Waals surface area contributed by atoms with E-state index in [0.29, 0.717) is 38.0 Å². The quantitative estimate of drug-likeness (QED) is 0.321. The maximum atomic E-state index is 14.1. The minimum Gasteiger partial charge on any atom is -0.453 e. The summed E-state index contributed by atoms with van der Waals surface area (Å²) in [5, 5.41) is 19.7. The van der Waals surface area contributed by atoms with Crippen molar-refractivity contribution in [1.82, 2.24) is 20.9 Å². The number of piperidine rings is 1. The Morgan fingerprint density at radius 2 is 1.76 bits per heavy atom. The average molecular weight is 541 g/mol. The Morgan fingerprint density at radius 1 is 1.08 bits per heavy atom. The van der Waals surface area contributed by atoms with Gasteiger partial charge in [0.15, 0.2) is 0 Å². The third-order valence-electron chi connectivity index (χ3n) is 7.52. The van der Waals surface area contributed by atoms with E-state index in [-0.39, 0.29) is 31.0 Å². The van der Waals surface area contributed by atoms with E-state index in [2.05, 4.69) is 20.7 Å². The van der Waals surface area contributed by atoms with E-state index in [4.69, 9.17) is 4.74 Å². The van der Waals surface area contributed by atoms with Gasteiger partial charge in [-0.25, -0.2) is 18.4 Å². The average Bonchev–Trinajstić information content (AvgIpc) is 2.92. The molecule has 1 heterocycles. The van der Waals surface area contributed by atoms with Gasteiger partial charge in [0.2, 0.25) is 0 Å².